The van der Waals surface area contributed by atoms with Gasteiger partial charge in [-0.15, -0.1) is 0 Å². The zero-order valence-corrected chi connectivity index (χ0v) is 13.3. The highest BCUT2D eigenvalue weighted by molar-refractivity contribution is 5.78. The second kappa shape index (κ2) is 6.06. The molecule has 0 unspecified atom stereocenters. The zero-order chi connectivity index (χ0) is 16.3. The van der Waals surface area contributed by atoms with Gasteiger partial charge in [-0.05, 0) is 45.9 Å². The molecule has 6 heteroatoms. The van der Waals surface area contributed by atoms with Gasteiger partial charge in [-0.1, -0.05) is 0 Å². The van der Waals surface area contributed by atoms with Crippen LogP contribution >= 0.6 is 0 Å². The summed E-state index contributed by atoms with van der Waals surface area (Å²) in [6.07, 6.45) is -0.472. The number of amides is 1. The zero-order valence-electron chi connectivity index (χ0n) is 13.3. The highest BCUT2D eigenvalue weighted by Gasteiger charge is 2.17. The van der Waals surface area contributed by atoms with Crippen LogP contribution in [0.4, 0.5) is 4.79 Å². The Balaban J connectivity index is 2.21. The molecule has 0 aliphatic carbocycles. The quantitative estimate of drug-likeness (QED) is 0.945. The molecular formula is C16H20N4O2. The molecule has 0 radical (unpaired) electrons. The van der Waals surface area contributed by atoms with Crippen LogP contribution < -0.4 is 5.32 Å². The lowest BCUT2D eigenvalue weighted by Crippen LogP contribution is -2.32. The standard InChI is InChI=1S/C16H20N4O2/c1-5-20-13-8-11(9-17)6-7-12(13)19-14(20)10-18-15(21)22-16(2,3)4/h6-8H,5,10H2,1-4H3,(H,18,21). The summed E-state index contributed by atoms with van der Waals surface area (Å²) in [6.45, 7) is 8.43. The molecule has 0 aliphatic heterocycles. The minimum Gasteiger partial charge on any atom is -0.444 e. The fourth-order valence-electron chi connectivity index (χ4n) is 2.20. The van der Waals surface area contributed by atoms with E-state index in [0.29, 0.717) is 12.1 Å². The summed E-state index contributed by atoms with van der Waals surface area (Å²) in [5.41, 5.74) is 1.76. The van der Waals surface area contributed by atoms with Crippen molar-refractivity contribution in [3.05, 3.63) is 29.6 Å². The first-order valence-corrected chi connectivity index (χ1v) is 7.20. The van der Waals surface area contributed by atoms with Gasteiger partial charge in [0.25, 0.3) is 0 Å². The minimum atomic E-state index is -0.531. The Morgan fingerprint density at radius 3 is 2.77 bits per heavy atom. The summed E-state index contributed by atoms with van der Waals surface area (Å²) in [7, 11) is 0. The molecule has 22 heavy (non-hydrogen) atoms. The number of hydrogen-bond acceptors (Lipinski definition) is 4. The van der Waals surface area contributed by atoms with Gasteiger partial charge >= 0.3 is 6.09 Å². The second-order valence-corrected chi connectivity index (χ2v) is 5.94. The van der Waals surface area contributed by atoms with Crippen LogP contribution in [0.25, 0.3) is 11.0 Å². The molecule has 0 fully saturated rings. The summed E-state index contributed by atoms with van der Waals surface area (Å²) in [5.74, 6) is 0.735. The summed E-state index contributed by atoms with van der Waals surface area (Å²) >= 11 is 0. The van der Waals surface area contributed by atoms with Crippen molar-refractivity contribution >= 4 is 17.1 Å². The number of nitrogens with one attached hydrogen (secondary N) is 1. The third-order valence-electron chi connectivity index (χ3n) is 3.06. The maximum absolute atomic E-state index is 11.7. The average molecular weight is 300 g/mol. The van der Waals surface area contributed by atoms with Crippen molar-refractivity contribution in [2.24, 2.45) is 0 Å². The third kappa shape index (κ3) is 3.55. The number of aryl methyl sites for hydroxylation is 1. The van der Waals surface area contributed by atoms with E-state index < -0.39 is 11.7 Å². The monoisotopic (exact) mass is 300 g/mol. The van der Waals surface area contributed by atoms with Crippen molar-refractivity contribution in [2.75, 3.05) is 0 Å². The van der Waals surface area contributed by atoms with Gasteiger partial charge in [0.05, 0.1) is 29.2 Å². The van der Waals surface area contributed by atoms with Crippen LogP contribution in [-0.2, 0) is 17.8 Å². The summed E-state index contributed by atoms with van der Waals surface area (Å²) in [5, 5.41) is 11.7. The molecule has 1 aromatic carbocycles. The topological polar surface area (TPSA) is 79.9 Å². The molecule has 6 nitrogen and oxygen atoms in total. The van der Waals surface area contributed by atoms with Crippen molar-refractivity contribution in [3.63, 3.8) is 0 Å². The number of nitrogens with zero attached hydrogens (tertiary/aromatic N) is 3. The van der Waals surface area contributed by atoms with Crippen LogP contribution in [0.3, 0.4) is 0 Å². The molecule has 2 rings (SSSR count). The van der Waals surface area contributed by atoms with Crippen LogP contribution in [-0.4, -0.2) is 21.2 Å². The van der Waals surface area contributed by atoms with Gasteiger partial charge in [-0.25, -0.2) is 9.78 Å². The first-order chi connectivity index (χ1) is 10.3. The molecule has 1 N–H and O–H groups in total. The van der Waals surface area contributed by atoms with E-state index in [1.807, 2.05) is 44.4 Å². The Morgan fingerprint density at radius 1 is 1.45 bits per heavy atom. The Labute approximate surface area is 129 Å². The van der Waals surface area contributed by atoms with Crippen molar-refractivity contribution in [1.29, 1.82) is 5.26 Å². The summed E-state index contributed by atoms with van der Waals surface area (Å²) < 4.78 is 7.19. The number of hydrogen-bond donors (Lipinski definition) is 1. The van der Waals surface area contributed by atoms with E-state index in [-0.39, 0.29) is 6.54 Å². The molecular weight excluding hydrogens is 280 g/mol. The van der Waals surface area contributed by atoms with Crippen LogP contribution in [0.15, 0.2) is 18.2 Å². The van der Waals surface area contributed by atoms with E-state index in [1.54, 1.807) is 6.07 Å². The minimum absolute atomic E-state index is 0.277. The van der Waals surface area contributed by atoms with Crippen LogP contribution in [0.5, 0.6) is 0 Å². The number of aromatic nitrogens is 2. The summed E-state index contributed by atoms with van der Waals surface area (Å²) in [4.78, 5) is 16.2. The van der Waals surface area contributed by atoms with Crippen LogP contribution in [0, 0.1) is 11.3 Å². The van der Waals surface area contributed by atoms with E-state index in [1.165, 1.54) is 0 Å². The number of alkyl carbamates (subject to hydrolysis) is 1. The van der Waals surface area contributed by atoms with Crippen molar-refractivity contribution in [1.82, 2.24) is 14.9 Å². The van der Waals surface area contributed by atoms with Crippen LogP contribution in [0.2, 0.25) is 0 Å². The Morgan fingerprint density at radius 2 is 2.18 bits per heavy atom. The lowest BCUT2D eigenvalue weighted by atomic mass is 10.2. The first kappa shape index (κ1) is 15.8. The number of fused-ring (bicyclic) bond motifs is 1. The van der Waals surface area contributed by atoms with Crippen molar-refractivity contribution < 1.29 is 9.53 Å². The lowest BCUT2D eigenvalue weighted by molar-refractivity contribution is 0.0521. The predicted octanol–water partition coefficient (Wildman–Crippen LogP) is 2.95. The van der Waals surface area contributed by atoms with Gasteiger partial charge < -0.3 is 14.6 Å². The van der Waals surface area contributed by atoms with Gasteiger partial charge in [-0.2, -0.15) is 5.26 Å². The first-order valence-electron chi connectivity index (χ1n) is 7.20. The molecule has 0 bridgehead atoms. The molecule has 0 saturated carbocycles. The van der Waals surface area contributed by atoms with Crippen molar-refractivity contribution in [3.8, 4) is 6.07 Å². The number of nitriles is 1. The number of carbonyl (C=O) groups is 1. The normalized spacial score (nSPS) is 11.2. The maximum Gasteiger partial charge on any atom is 0.408 e. The average Bonchev–Trinajstić information content (AvgIpc) is 2.79. The molecule has 0 atom stereocenters. The number of benzene rings is 1. The van der Waals surface area contributed by atoms with Gasteiger partial charge in [0.1, 0.15) is 11.4 Å². The molecule has 0 spiro atoms. The Kier molecular flexibility index (Phi) is 4.36. The predicted molar refractivity (Wildman–Crippen MR) is 83.2 cm³/mol. The SMILES string of the molecule is CCn1c(CNC(=O)OC(C)(C)C)nc2ccc(C#N)cc21. The van der Waals surface area contributed by atoms with E-state index in [9.17, 15) is 4.79 Å². The molecule has 2 aromatic rings. The Bertz CT molecular complexity index is 735. The molecule has 116 valence electrons. The number of ether oxygens (including phenoxy) is 1. The van der Waals surface area contributed by atoms with Gasteiger partial charge in [-0.3, -0.25) is 0 Å². The van der Waals surface area contributed by atoms with Gasteiger partial charge in [0, 0.05) is 6.54 Å². The number of carbonyl (C=O) groups excluding carboxylic acids is 1. The third-order valence-corrected chi connectivity index (χ3v) is 3.06. The van der Waals surface area contributed by atoms with E-state index in [0.717, 1.165) is 16.9 Å². The fourth-order valence-corrected chi connectivity index (χ4v) is 2.20. The highest BCUT2D eigenvalue weighted by Crippen LogP contribution is 2.18. The number of rotatable bonds is 3. The molecule has 0 aliphatic rings. The van der Waals surface area contributed by atoms with Crippen LogP contribution in [0.1, 0.15) is 39.1 Å². The molecule has 1 aromatic heterocycles. The smallest absolute Gasteiger partial charge is 0.408 e. The molecule has 1 amide bonds. The van der Waals surface area contributed by atoms with Crippen molar-refractivity contribution in [2.45, 2.75) is 46.4 Å². The number of imidazole rings is 1. The fraction of sp³-hybridized carbons (Fsp3) is 0.438. The van der Waals surface area contributed by atoms with Gasteiger partial charge in [0.2, 0.25) is 0 Å². The maximum atomic E-state index is 11.7. The molecule has 0 saturated heterocycles. The van der Waals surface area contributed by atoms with E-state index in [2.05, 4.69) is 16.4 Å². The highest BCUT2D eigenvalue weighted by atomic mass is 16.6. The largest absolute Gasteiger partial charge is 0.444 e. The lowest BCUT2D eigenvalue weighted by Gasteiger charge is -2.19. The van der Waals surface area contributed by atoms with E-state index >= 15 is 0 Å². The molecule has 1 heterocycles. The second-order valence-electron chi connectivity index (χ2n) is 5.94. The van der Waals surface area contributed by atoms with E-state index in [4.69, 9.17) is 10.00 Å². The summed E-state index contributed by atoms with van der Waals surface area (Å²) in [6, 6.07) is 7.49. The Hall–Kier alpha value is -2.55. The van der Waals surface area contributed by atoms with Gasteiger partial charge in [0.15, 0.2) is 0 Å².